The summed E-state index contributed by atoms with van der Waals surface area (Å²) in [6.45, 7) is 4.36. The fraction of sp³-hybridized carbons (Fsp3) is 0.556. The summed E-state index contributed by atoms with van der Waals surface area (Å²) in [6.07, 6.45) is 2.95. The van der Waals surface area contributed by atoms with Crippen LogP contribution in [0, 0.1) is 17.7 Å². The molecular weight excluding hydrogens is 617 g/mol. The Balaban J connectivity index is 1.24. The summed E-state index contributed by atoms with van der Waals surface area (Å²) >= 11 is 0. The number of ether oxygens (including phenoxy) is 2. The molecule has 12 heteroatoms. The molecule has 0 radical (unpaired) electrons. The molecule has 4 aliphatic rings. The Labute approximate surface area is 282 Å². The zero-order chi connectivity index (χ0) is 33.7. The van der Waals surface area contributed by atoms with Gasteiger partial charge in [0.25, 0.3) is 5.91 Å². The van der Waals surface area contributed by atoms with Crippen molar-refractivity contribution in [3.8, 4) is 0 Å². The van der Waals surface area contributed by atoms with E-state index in [4.69, 9.17) is 9.47 Å². The largest absolute Gasteiger partial charge is 0.377 e. The Morgan fingerprint density at radius 2 is 1.65 bits per heavy atom. The first-order valence-corrected chi connectivity index (χ1v) is 17.2. The highest BCUT2D eigenvalue weighted by atomic mass is 19.1. The van der Waals surface area contributed by atoms with Crippen LogP contribution in [0.2, 0.25) is 0 Å². The number of hydrogen-bond acceptors (Lipinski definition) is 7. The average Bonchev–Trinajstić information content (AvgIpc) is 3.10. The third-order valence-electron chi connectivity index (χ3n) is 9.63. The normalized spacial score (nSPS) is 22.7. The van der Waals surface area contributed by atoms with Crippen LogP contribution < -0.4 is 10.6 Å². The molecule has 0 unspecified atom stereocenters. The molecule has 0 spiro atoms. The molecule has 6 rings (SSSR count). The first-order chi connectivity index (χ1) is 23.4. The summed E-state index contributed by atoms with van der Waals surface area (Å²) in [7, 11) is 0. The van der Waals surface area contributed by atoms with E-state index < -0.39 is 5.82 Å². The Bertz CT molecular complexity index is 1350. The van der Waals surface area contributed by atoms with Gasteiger partial charge in [0.2, 0.25) is 17.7 Å². The number of carbonyl (C=O) groups excluding carboxylic acids is 4. The molecule has 4 saturated heterocycles. The van der Waals surface area contributed by atoms with Crippen molar-refractivity contribution in [2.75, 3.05) is 72.2 Å². The van der Waals surface area contributed by atoms with E-state index in [1.807, 2.05) is 23.1 Å². The Kier molecular flexibility index (Phi) is 13.3. The SMILES string of the molecule is O=C1C[C@@H]2CCN(C[C@@H]2CCNCc2ccccc2)C(=O)CN(C2CCN(C(=O)c3ccc(F)cc3)CC2)C(=O)COCCOCCN1. The minimum Gasteiger partial charge on any atom is -0.377 e. The van der Waals surface area contributed by atoms with Crippen LogP contribution in [0.3, 0.4) is 0 Å². The molecule has 260 valence electrons. The summed E-state index contributed by atoms with van der Waals surface area (Å²) in [5, 5.41) is 6.47. The molecular formula is C36H48FN5O6. The van der Waals surface area contributed by atoms with E-state index in [1.54, 1.807) is 9.80 Å². The highest BCUT2D eigenvalue weighted by Crippen LogP contribution is 2.30. The first kappa shape index (κ1) is 35.4. The lowest BCUT2D eigenvalue weighted by Gasteiger charge is -2.41. The number of piperidine rings is 2. The number of halogens is 1. The minimum atomic E-state index is -0.401. The Morgan fingerprint density at radius 3 is 2.42 bits per heavy atom. The van der Waals surface area contributed by atoms with Crippen LogP contribution in [-0.4, -0.2) is 117 Å². The third kappa shape index (κ3) is 10.3. The van der Waals surface area contributed by atoms with Gasteiger partial charge in [-0.2, -0.15) is 0 Å². The minimum absolute atomic E-state index is 0.0102. The molecule has 4 amide bonds. The van der Waals surface area contributed by atoms with Gasteiger partial charge in [-0.3, -0.25) is 19.2 Å². The van der Waals surface area contributed by atoms with E-state index in [1.165, 1.54) is 29.8 Å². The number of benzene rings is 2. The van der Waals surface area contributed by atoms with Crippen molar-refractivity contribution in [1.29, 1.82) is 0 Å². The topological polar surface area (TPSA) is 121 Å². The van der Waals surface area contributed by atoms with E-state index in [2.05, 4.69) is 22.8 Å². The van der Waals surface area contributed by atoms with Crippen LogP contribution in [0.5, 0.6) is 0 Å². The van der Waals surface area contributed by atoms with Gasteiger partial charge in [0.15, 0.2) is 0 Å². The van der Waals surface area contributed by atoms with E-state index in [-0.39, 0.29) is 67.9 Å². The Hall–Kier alpha value is -3.87. The second-order valence-electron chi connectivity index (χ2n) is 12.9. The molecule has 2 aromatic rings. The maximum absolute atomic E-state index is 13.9. The second-order valence-corrected chi connectivity index (χ2v) is 12.9. The maximum atomic E-state index is 13.9. The standard InChI is InChI=1S/C36H48FN5O6/c37-31-8-6-28(7-9-31)36(46)40-17-12-32(13-18-40)42-25-34(44)41-16-11-29(22-33(43)39-15-19-47-20-21-48-26-35(42)45)30(24-41)10-14-38-23-27-4-2-1-3-5-27/h1-9,29-30,32,38H,10-26H2,(H,39,43)/t29-,30-/m0/s1. The number of likely N-dealkylation sites (tertiary alicyclic amines) is 1. The number of fused-ring (bicyclic) bond motifs is 15. The highest BCUT2D eigenvalue weighted by molar-refractivity contribution is 5.94. The van der Waals surface area contributed by atoms with Crippen LogP contribution in [-0.2, 0) is 30.4 Å². The summed E-state index contributed by atoms with van der Waals surface area (Å²) in [5.41, 5.74) is 1.61. The van der Waals surface area contributed by atoms with E-state index in [9.17, 15) is 23.6 Å². The number of rotatable bonds is 7. The van der Waals surface area contributed by atoms with Crippen molar-refractivity contribution in [2.24, 2.45) is 11.8 Å². The highest BCUT2D eigenvalue weighted by Gasteiger charge is 2.36. The van der Waals surface area contributed by atoms with Crippen LogP contribution in [0.1, 0.15) is 48.0 Å². The van der Waals surface area contributed by atoms with E-state index in [0.29, 0.717) is 70.6 Å². The van der Waals surface area contributed by atoms with Gasteiger partial charge in [-0.05, 0) is 73.9 Å². The molecule has 0 saturated carbocycles. The molecule has 11 nitrogen and oxygen atoms in total. The first-order valence-electron chi connectivity index (χ1n) is 17.2. The molecule has 2 atom stereocenters. The summed E-state index contributed by atoms with van der Waals surface area (Å²) < 4.78 is 24.6. The molecule has 4 heterocycles. The molecule has 0 aliphatic carbocycles. The van der Waals surface area contributed by atoms with Crippen LogP contribution in [0.4, 0.5) is 4.39 Å². The zero-order valence-corrected chi connectivity index (χ0v) is 27.6. The van der Waals surface area contributed by atoms with Gasteiger partial charge in [-0.25, -0.2) is 4.39 Å². The van der Waals surface area contributed by atoms with Crippen molar-refractivity contribution in [1.82, 2.24) is 25.3 Å². The van der Waals surface area contributed by atoms with Gasteiger partial charge in [0, 0.05) is 57.3 Å². The lowest BCUT2D eigenvalue weighted by molar-refractivity contribution is -0.148. The molecule has 48 heavy (non-hydrogen) atoms. The number of amides is 4. The summed E-state index contributed by atoms with van der Waals surface area (Å²) in [4.78, 5) is 58.4. The quantitative estimate of drug-likeness (QED) is 0.345. The zero-order valence-electron chi connectivity index (χ0n) is 27.6. The molecule has 2 bridgehead atoms. The number of nitrogens with one attached hydrogen (secondary N) is 2. The molecule has 0 aromatic heterocycles. The predicted octanol–water partition coefficient (Wildman–Crippen LogP) is 2.46. The molecule has 4 aliphatic heterocycles. The van der Waals surface area contributed by atoms with Crippen LogP contribution in [0.25, 0.3) is 0 Å². The van der Waals surface area contributed by atoms with Gasteiger partial charge in [0.1, 0.15) is 19.0 Å². The maximum Gasteiger partial charge on any atom is 0.253 e. The summed E-state index contributed by atoms with van der Waals surface area (Å²) in [6, 6.07) is 15.4. The smallest absolute Gasteiger partial charge is 0.253 e. The fourth-order valence-corrected chi connectivity index (χ4v) is 6.88. The van der Waals surface area contributed by atoms with Gasteiger partial charge in [-0.1, -0.05) is 30.3 Å². The van der Waals surface area contributed by atoms with Crippen LogP contribution >= 0.6 is 0 Å². The molecule has 4 fully saturated rings. The van der Waals surface area contributed by atoms with Crippen molar-refractivity contribution >= 4 is 23.6 Å². The number of hydrogen-bond donors (Lipinski definition) is 2. The van der Waals surface area contributed by atoms with Crippen molar-refractivity contribution in [2.45, 2.75) is 44.7 Å². The second kappa shape index (κ2) is 18.0. The lowest BCUT2D eigenvalue weighted by atomic mass is 9.80. The Morgan fingerprint density at radius 1 is 0.896 bits per heavy atom. The lowest BCUT2D eigenvalue weighted by Crippen LogP contribution is -2.54. The van der Waals surface area contributed by atoms with E-state index >= 15 is 0 Å². The third-order valence-corrected chi connectivity index (χ3v) is 9.63. The van der Waals surface area contributed by atoms with Crippen molar-refractivity contribution in [3.05, 3.63) is 71.5 Å². The van der Waals surface area contributed by atoms with Crippen molar-refractivity contribution in [3.63, 3.8) is 0 Å². The molecule has 2 aromatic carbocycles. The predicted molar refractivity (Wildman–Crippen MR) is 177 cm³/mol. The van der Waals surface area contributed by atoms with Crippen LogP contribution in [0.15, 0.2) is 54.6 Å². The van der Waals surface area contributed by atoms with E-state index in [0.717, 1.165) is 19.5 Å². The van der Waals surface area contributed by atoms with Gasteiger partial charge in [0.05, 0.1) is 19.8 Å². The van der Waals surface area contributed by atoms with Crippen molar-refractivity contribution < 1.29 is 33.0 Å². The van der Waals surface area contributed by atoms with Gasteiger partial charge < -0.3 is 34.8 Å². The van der Waals surface area contributed by atoms with Gasteiger partial charge in [-0.15, -0.1) is 0 Å². The fourth-order valence-electron chi connectivity index (χ4n) is 6.88. The number of nitrogens with zero attached hydrogens (tertiary/aromatic N) is 3. The molecule has 2 N–H and O–H groups in total. The monoisotopic (exact) mass is 665 g/mol. The average molecular weight is 666 g/mol. The summed E-state index contributed by atoms with van der Waals surface area (Å²) in [5.74, 6) is -0.716. The van der Waals surface area contributed by atoms with Gasteiger partial charge >= 0.3 is 0 Å². The number of carbonyl (C=O) groups is 4.